The summed E-state index contributed by atoms with van der Waals surface area (Å²) in [5.41, 5.74) is 11.8. The van der Waals surface area contributed by atoms with E-state index in [2.05, 4.69) is 50.8 Å². The van der Waals surface area contributed by atoms with Gasteiger partial charge in [0.15, 0.2) is 0 Å². The van der Waals surface area contributed by atoms with Gasteiger partial charge in [-0.25, -0.2) is 0 Å². The van der Waals surface area contributed by atoms with Gasteiger partial charge in [0, 0.05) is 11.1 Å². The Kier molecular flexibility index (Phi) is 2.70. The van der Waals surface area contributed by atoms with E-state index in [1.807, 2.05) is 13.0 Å². The summed E-state index contributed by atoms with van der Waals surface area (Å²) in [6.45, 7) is 10.3. The summed E-state index contributed by atoms with van der Waals surface area (Å²) >= 11 is 0. The number of fused-ring (bicyclic) bond motifs is 1. The monoisotopic (exact) mass is 225 g/mol. The van der Waals surface area contributed by atoms with Gasteiger partial charge in [0.1, 0.15) is 0 Å². The Balaban J connectivity index is 2.74. The van der Waals surface area contributed by atoms with E-state index in [9.17, 15) is 0 Å². The molecule has 0 aliphatic heterocycles. The topological polar surface area (TPSA) is 26.0 Å². The Morgan fingerprint density at radius 1 is 1.29 bits per heavy atom. The lowest BCUT2D eigenvalue weighted by Crippen LogP contribution is -2.16. The second-order valence-electron chi connectivity index (χ2n) is 5.09. The van der Waals surface area contributed by atoms with E-state index >= 15 is 0 Å². The van der Waals surface area contributed by atoms with Crippen LogP contribution in [0.25, 0.3) is 5.57 Å². The molecule has 0 fully saturated rings. The Bertz CT molecular complexity index is 526. The lowest BCUT2D eigenvalue weighted by Gasteiger charge is -2.23. The molecule has 17 heavy (non-hydrogen) atoms. The third-order valence-electron chi connectivity index (χ3n) is 3.43. The minimum absolute atomic E-state index is 0.000741. The van der Waals surface area contributed by atoms with Crippen molar-refractivity contribution in [3.05, 3.63) is 65.4 Å². The van der Waals surface area contributed by atoms with Crippen LogP contribution in [0.2, 0.25) is 0 Å². The van der Waals surface area contributed by atoms with Crippen LogP contribution in [-0.2, 0) is 5.41 Å². The highest BCUT2D eigenvalue weighted by Gasteiger charge is 2.35. The lowest BCUT2D eigenvalue weighted by atomic mass is 9.81. The number of rotatable bonds is 2. The van der Waals surface area contributed by atoms with Gasteiger partial charge in [-0.15, -0.1) is 0 Å². The van der Waals surface area contributed by atoms with Crippen LogP contribution >= 0.6 is 0 Å². The predicted molar refractivity (Wildman–Crippen MR) is 74.5 cm³/mol. The number of nitrogens with two attached hydrogens (primary N) is 1. The van der Waals surface area contributed by atoms with Crippen LogP contribution in [0.3, 0.4) is 0 Å². The summed E-state index contributed by atoms with van der Waals surface area (Å²) < 4.78 is 0. The fraction of sp³-hybridized carbons (Fsp3) is 0.250. The zero-order chi connectivity index (χ0) is 12.6. The van der Waals surface area contributed by atoms with Crippen molar-refractivity contribution >= 4 is 5.57 Å². The highest BCUT2D eigenvalue weighted by atomic mass is 14.6. The molecule has 0 atom stereocenters. The summed E-state index contributed by atoms with van der Waals surface area (Å²) in [7, 11) is 0. The maximum atomic E-state index is 5.84. The van der Waals surface area contributed by atoms with Crippen molar-refractivity contribution < 1.29 is 0 Å². The van der Waals surface area contributed by atoms with Crippen molar-refractivity contribution in [2.45, 2.75) is 26.2 Å². The summed E-state index contributed by atoms with van der Waals surface area (Å²) in [6.07, 6.45) is 4.00. The number of hydrogen-bond acceptors (Lipinski definition) is 1. The molecule has 1 aromatic rings. The van der Waals surface area contributed by atoms with Gasteiger partial charge in [0.2, 0.25) is 0 Å². The molecular weight excluding hydrogens is 206 g/mol. The maximum absolute atomic E-state index is 5.84. The summed E-state index contributed by atoms with van der Waals surface area (Å²) in [6, 6.07) is 8.50. The summed E-state index contributed by atoms with van der Waals surface area (Å²) in [5, 5.41) is 0. The highest BCUT2D eigenvalue weighted by molar-refractivity contribution is 5.87. The van der Waals surface area contributed by atoms with Gasteiger partial charge in [-0.05, 0) is 35.3 Å². The average molecular weight is 225 g/mol. The Hall–Kier alpha value is -1.76. The lowest BCUT2D eigenvalue weighted by molar-refractivity contribution is 0.653. The standard InChI is InChI=1S/C16H19N/c1-5-12-13-8-6-7-9-14(13)16(3,4)15(12)10-11(2)17/h5-10H,1,17H2,2-4H3/b11-10+. The van der Waals surface area contributed by atoms with Crippen molar-refractivity contribution in [3.8, 4) is 0 Å². The van der Waals surface area contributed by atoms with E-state index in [4.69, 9.17) is 5.73 Å². The van der Waals surface area contributed by atoms with Gasteiger partial charge in [-0.3, -0.25) is 0 Å². The predicted octanol–water partition coefficient (Wildman–Crippen LogP) is 3.78. The third-order valence-corrected chi connectivity index (χ3v) is 3.43. The molecule has 0 aromatic heterocycles. The van der Waals surface area contributed by atoms with Crippen molar-refractivity contribution in [1.29, 1.82) is 0 Å². The number of allylic oxidation sites excluding steroid dienone is 5. The molecule has 1 nitrogen and oxygen atoms in total. The molecule has 1 aliphatic rings. The van der Waals surface area contributed by atoms with Crippen LogP contribution in [0.15, 0.2) is 54.3 Å². The minimum atomic E-state index is 0.000741. The van der Waals surface area contributed by atoms with E-state index in [0.717, 1.165) is 5.70 Å². The third kappa shape index (κ3) is 1.72. The molecule has 1 aromatic carbocycles. The van der Waals surface area contributed by atoms with Crippen LogP contribution in [0, 0.1) is 0 Å². The number of benzene rings is 1. The van der Waals surface area contributed by atoms with Gasteiger partial charge >= 0.3 is 0 Å². The Labute approximate surface area is 103 Å². The first kappa shape index (κ1) is 11.7. The quantitative estimate of drug-likeness (QED) is 0.814. The van der Waals surface area contributed by atoms with E-state index in [1.54, 1.807) is 0 Å². The first-order valence-corrected chi connectivity index (χ1v) is 5.89. The fourth-order valence-electron chi connectivity index (χ4n) is 2.60. The first-order valence-electron chi connectivity index (χ1n) is 5.89. The average Bonchev–Trinajstić information content (AvgIpc) is 2.48. The molecule has 0 heterocycles. The smallest absolute Gasteiger partial charge is 0.0159 e. The molecule has 2 N–H and O–H groups in total. The van der Waals surface area contributed by atoms with Crippen molar-refractivity contribution in [2.24, 2.45) is 5.73 Å². The van der Waals surface area contributed by atoms with Crippen molar-refractivity contribution in [3.63, 3.8) is 0 Å². The number of hydrogen-bond donors (Lipinski definition) is 1. The molecule has 2 rings (SSSR count). The Morgan fingerprint density at radius 2 is 1.94 bits per heavy atom. The second kappa shape index (κ2) is 3.92. The van der Waals surface area contributed by atoms with Gasteiger partial charge in [-0.1, -0.05) is 50.8 Å². The summed E-state index contributed by atoms with van der Waals surface area (Å²) in [5.74, 6) is 0. The Morgan fingerprint density at radius 3 is 2.53 bits per heavy atom. The molecule has 0 saturated carbocycles. The van der Waals surface area contributed by atoms with Crippen LogP contribution in [0.1, 0.15) is 31.9 Å². The summed E-state index contributed by atoms with van der Waals surface area (Å²) in [4.78, 5) is 0. The molecule has 0 spiro atoms. The normalized spacial score (nSPS) is 18.2. The van der Waals surface area contributed by atoms with E-state index in [-0.39, 0.29) is 5.41 Å². The van der Waals surface area contributed by atoms with E-state index in [1.165, 1.54) is 22.3 Å². The van der Waals surface area contributed by atoms with Crippen molar-refractivity contribution in [1.82, 2.24) is 0 Å². The van der Waals surface area contributed by atoms with Gasteiger partial charge in [-0.2, -0.15) is 0 Å². The van der Waals surface area contributed by atoms with Crippen LogP contribution in [-0.4, -0.2) is 0 Å². The molecule has 1 heteroatoms. The molecule has 0 radical (unpaired) electrons. The van der Waals surface area contributed by atoms with Gasteiger partial charge < -0.3 is 5.73 Å². The van der Waals surface area contributed by atoms with Crippen LogP contribution in [0.4, 0.5) is 0 Å². The molecule has 88 valence electrons. The second-order valence-corrected chi connectivity index (χ2v) is 5.09. The zero-order valence-electron chi connectivity index (χ0n) is 10.7. The van der Waals surface area contributed by atoms with Gasteiger partial charge in [0.05, 0.1) is 0 Å². The highest BCUT2D eigenvalue weighted by Crippen LogP contribution is 2.47. The van der Waals surface area contributed by atoms with Crippen LogP contribution in [0.5, 0.6) is 0 Å². The minimum Gasteiger partial charge on any atom is -0.402 e. The molecule has 0 unspecified atom stereocenters. The largest absolute Gasteiger partial charge is 0.402 e. The molecule has 1 aliphatic carbocycles. The van der Waals surface area contributed by atoms with E-state index < -0.39 is 0 Å². The first-order chi connectivity index (χ1) is 7.98. The maximum Gasteiger partial charge on any atom is 0.0159 e. The van der Waals surface area contributed by atoms with Crippen LogP contribution < -0.4 is 5.73 Å². The molecule has 0 saturated heterocycles. The molecular formula is C16H19N. The van der Waals surface area contributed by atoms with E-state index in [0.29, 0.717) is 0 Å². The zero-order valence-corrected chi connectivity index (χ0v) is 10.7. The van der Waals surface area contributed by atoms with Gasteiger partial charge in [0.25, 0.3) is 0 Å². The fourth-order valence-corrected chi connectivity index (χ4v) is 2.60. The molecule has 0 bridgehead atoms. The van der Waals surface area contributed by atoms with Crippen molar-refractivity contribution in [2.75, 3.05) is 0 Å². The SMILES string of the molecule is C=CC1=C(/C=C(\C)N)C(C)(C)c2ccccc21. The molecule has 0 amide bonds.